The Kier molecular flexibility index (Phi) is 5.19. The lowest BCUT2D eigenvalue weighted by molar-refractivity contribution is -0.385. The lowest BCUT2D eigenvalue weighted by Gasteiger charge is -2.07. The largest absolute Gasteiger partial charge is 0.354 e. The number of benzene rings is 1. The van der Waals surface area contributed by atoms with Crippen molar-refractivity contribution >= 4 is 11.6 Å². The summed E-state index contributed by atoms with van der Waals surface area (Å²) in [5.41, 5.74) is 0.711. The Hall–Kier alpha value is -3.03. The summed E-state index contributed by atoms with van der Waals surface area (Å²) in [6.07, 6.45) is 1.34. The van der Waals surface area contributed by atoms with E-state index in [1.165, 1.54) is 23.0 Å². The first-order chi connectivity index (χ1) is 11.0. The number of aryl methyl sites for hydroxylation is 1. The van der Waals surface area contributed by atoms with Gasteiger partial charge in [-0.3, -0.25) is 24.3 Å². The van der Waals surface area contributed by atoms with Gasteiger partial charge in [-0.05, 0) is 6.92 Å². The Balaban J connectivity index is 1.91. The number of amides is 1. The number of carbonyl (C=O) groups is 1. The van der Waals surface area contributed by atoms with Gasteiger partial charge >= 0.3 is 0 Å². The number of nitrogens with zero attached hydrogens (tertiary/aromatic N) is 3. The predicted molar refractivity (Wildman–Crippen MR) is 83.0 cm³/mol. The van der Waals surface area contributed by atoms with E-state index in [-0.39, 0.29) is 36.7 Å². The smallest absolute Gasteiger partial charge is 0.273 e. The van der Waals surface area contributed by atoms with Crippen LogP contribution >= 0.6 is 0 Å². The van der Waals surface area contributed by atoms with E-state index in [4.69, 9.17) is 0 Å². The van der Waals surface area contributed by atoms with Crippen molar-refractivity contribution in [2.45, 2.75) is 19.9 Å². The molecule has 8 heteroatoms. The number of rotatable bonds is 6. The number of hydrogen-bond donors (Lipinski definition) is 1. The normalized spacial score (nSPS) is 10.3. The van der Waals surface area contributed by atoms with Gasteiger partial charge in [-0.1, -0.05) is 18.2 Å². The zero-order valence-electron chi connectivity index (χ0n) is 12.6. The van der Waals surface area contributed by atoms with Crippen molar-refractivity contribution in [1.29, 1.82) is 0 Å². The molecule has 1 amide bonds. The average molecular weight is 316 g/mol. The third-order valence-corrected chi connectivity index (χ3v) is 3.23. The van der Waals surface area contributed by atoms with Crippen LogP contribution in [0.2, 0.25) is 0 Å². The monoisotopic (exact) mass is 316 g/mol. The Morgan fingerprint density at radius 2 is 2.13 bits per heavy atom. The van der Waals surface area contributed by atoms with Gasteiger partial charge < -0.3 is 5.32 Å². The van der Waals surface area contributed by atoms with Gasteiger partial charge in [0.25, 0.3) is 11.2 Å². The van der Waals surface area contributed by atoms with Gasteiger partial charge in [0.1, 0.15) is 0 Å². The van der Waals surface area contributed by atoms with Crippen molar-refractivity contribution in [1.82, 2.24) is 14.9 Å². The molecule has 0 unspecified atom stereocenters. The van der Waals surface area contributed by atoms with Crippen LogP contribution in [-0.4, -0.2) is 26.9 Å². The molecule has 0 aliphatic carbocycles. The van der Waals surface area contributed by atoms with Crippen LogP contribution in [0.25, 0.3) is 0 Å². The molecule has 8 nitrogen and oxygen atoms in total. The molecule has 0 radical (unpaired) electrons. The van der Waals surface area contributed by atoms with Crippen LogP contribution in [0.15, 0.2) is 41.5 Å². The topological polar surface area (TPSA) is 107 Å². The summed E-state index contributed by atoms with van der Waals surface area (Å²) in [5, 5.41) is 13.5. The van der Waals surface area contributed by atoms with Crippen molar-refractivity contribution in [2.24, 2.45) is 0 Å². The van der Waals surface area contributed by atoms with Gasteiger partial charge in [0.2, 0.25) is 5.91 Å². The van der Waals surface area contributed by atoms with E-state index in [1.807, 2.05) is 0 Å². The molecule has 0 aliphatic heterocycles. The van der Waals surface area contributed by atoms with Crippen LogP contribution in [0.5, 0.6) is 0 Å². The Morgan fingerprint density at radius 1 is 1.39 bits per heavy atom. The van der Waals surface area contributed by atoms with Gasteiger partial charge in [-0.2, -0.15) is 0 Å². The SMILES string of the molecule is Cc1cc(=O)n(CCNC(=O)Cc2ccccc2[N+](=O)[O-])cn1. The van der Waals surface area contributed by atoms with Crippen LogP contribution in [0, 0.1) is 17.0 Å². The highest BCUT2D eigenvalue weighted by Crippen LogP contribution is 2.17. The number of para-hydroxylation sites is 1. The van der Waals surface area contributed by atoms with E-state index in [0.29, 0.717) is 11.3 Å². The molecule has 23 heavy (non-hydrogen) atoms. The summed E-state index contributed by atoms with van der Waals surface area (Å²) in [7, 11) is 0. The molecule has 1 aromatic heterocycles. The lowest BCUT2D eigenvalue weighted by atomic mass is 10.1. The molecule has 0 spiro atoms. The third kappa shape index (κ3) is 4.47. The molecule has 0 fully saturated rings. The molecule has 1 N–H and O–H groups in total. The zero-order valence-corrected chi connectivity index (χ0v) is 12.6. The second-order valence-electron chi connectivity index (χ2n) is 4.97. The van der Waals surface area contributed by atoms with E-state index in [0.717, 1.165) is 0 Å². The van der Waals surface area contributed by atoms with Crippen molar-refractivity contribution < 1.29 is 9.72 Å². The third-order valence-electron chi connectivity index (χ3n) is 3.23. The van der Waals surface area contributed by atoms with Crippen LogP contribution in [-0.2, 0) is 17.8 Å². The van der Waals surface area contributed by atoms with Crippen molar-refractivity contribution in [3.63, 3.8) is 0 Å². The predicted octanol–water partition coefficient (Wildman–Crippen LogP) is 0.819. The molecule has 0 bridgehead atoms. The minimum Gasteiger partial charge on any atom is -0.354 e. The first-order valence-corrected chi connectivity index (χ1v) is 6.99. The van der Waals surface area contributed by atoms with Crippen LogP contribution in [0.1, 0.15) is 11.3 Å². The maximum absolute atomic E-state index is 11.9. The summed E-state index contributed by atoms with van der Waals surface area (Å²) in [5.74, 6) is -0.340. The van der Waals surface area contributed by atoms with Crippen LogP contribution in [0.3, 0.4) is 0 Å². The maximum Gasteiger partial charge on any atom is 0.273 e. The molecule has 1 aromatic carbocycles. The molecular formula is C15H16N4O4. The van der Waals surface area contributed by atoms with E-state index >= 15 is 0 Å². The number of carbonyl (C=O) groups excluding carboxylic acids is 1. The maximum atomic E-state index is 11.9. The van der Waals surface area contributed by atoms with Crippen molar-refractivity contribution in [3.05, 3.63) is 68.4 Å². The minimum atomic E-state index is -0.514. The summed E-state index contributed by atoms with van der Waals surface area (Å²) < 4.78 is 1.39. The van der Waals surface area contributed by atoms with Crippen LogP contribution in [0.4, 0.5) is 5.69 Å². The quantitative estimate of drug-likeness (QED) is 0.627. The standard InChI is InChI=1S/C15H16N4O4/c1-11-8-15(21)18(10-17-11)7-6-16-14(20)9-12-4-2-3-5-13(12)19(22)23/h2-5,8,10H,6-7,9H2,1H3,(H,16,20). The lowest BCUT2D eigenvalue weighted by Crippen LogP contribution is -2.31. The van der Waals surface area contributed by atoms with E-state index < -0.39 is 4.92 Å². The first kappa shape index (κ1) is 16.3. The fraction of sp³-hybridized carbons (Fsp3) is 0.267. The fourth-order valence-corrected chi connectivity index (χ4v) is 2.07. The molecular weight excluding hydrogens is 300 g/mol. The summed E-state index contributed by atoms with van der Waals surface area (Å²) >= 11 is 0. The highest BCUT2D eigenvalue weighted by molar-refractivity contribution is 5.79. The number of aromatic nitrogens is 2. The number of nitrogens with one attached hydrogen (secondary N) is 1. The highest BCUT2D eigenvalue weighted by atomic mass is 16.6. The summed E-state index contributed by atoms with van der Waals surface area (Å²) in [6, 6.07) is 7.52. The molecule has 120 valence electrons. The van der Waals surface area contributed by atoms with Gasteiger partial charge in [0.15, 0.2) is 0 Å². The summed E-state index contributed by atoms with van der Waals surface area (Å²) in [6.45, 7) is 2.25. The number of hydrogen-bond acceptors (Lipinski definition) is 5. The highest BCUT2D eigenvalue weighted by Gasteiger charge is 2.15. The van der Waals surface area contributed by atoms with Gasteiger partial charge in [-0.15, -0.1) is 0 Å². The second kappa shape index (κ2) is 7.30. The molecule has 0 saturated carbocycles. The van der Waals surface area contributed by atoms with E-state index in [1.54, 1.807) is 25.1 Å². The fourth-order valence-electron chi connectivity index (χ4n) is 2.07. The molecule has 0 aliphatic rings. The van der Waals surface area contributed by atoms with Crippen molar-refractivity contribution in [2.75, 3.05) is 6.54 Å². The van der Waals surface area contributed by atoms with Crippen molar-refractivity contribution in [3.8, 4) is 0 Å². The zero-order chi connectivity index (χ0) is 16.8. The Labute approximate surface area is 131 Å². The van der Waals surface area contributed by atoms with E-state index in [2.05, 4.69) is 10.3 Å². The second-order valence-corrected chi connectivity index (χ2v) is 4.97. The molecule has 2 aromatic rings. The molecule has 0 atom stereocenters. The average Bonchev–Trinajstić information content (AvgIpc) is 2.50. The van der Waals surface area contributed by atoms with Crippen LogP contribution < -0.4 is 10.9 Å². The first-order valence-electron chi connectivity index (χ1n) is 6.99. The Morgan fingerprint density at radius 3 is 2.83 bits per heavy atom. The number of nitro benzene ring substituents is 1. The molecule has 0 saturated heterocycles. The minimum absolute atomic E-state index is 0.0818. The van der Waals surface area contributed by atoms with Gasteiger partial charge in [-0.25, -0.2) is 4.98 Å². The molecule has 2 rings (SSSR count). The van der Waals surface area contributed by atoms with Gasteiger partial charge in [0.05, 0.1) is 17.7 Å². The van der Waals surface area contributed by atoms with E-state index in [9.17, 15) is 19.7 Å². The summed E-state index contributed by atoms with van der Waals surface area (Å²) in [4.78, 5) is 37.9. The Bertz CT molecular complexity index is 785. The molecule has 1 heterocycles. The van der Waals surface area contributed by atoms with Gasteiger partial charge in [0, 0.05) is 36.5 Å². The number of nitro groups is 1.